The normalized spacial score (nSPS) is 17.1. The van der Waals surface area contributed by atoms with E-state index in [2.05, 4.69) is 5.16 Å². The molecule has 0 saturated carbocycles. The molecule has 1 aliphatic rings. The lowest BCUT2D eigenvalue weighted by molar-refractivity contribution is -0.132. The van der Waals surface area contributed by atoms with E-state index in [-0.39, 0.29) is 5.91 Å². The molecule has 1 aliphatic heterocycles. The van der Waals surface area contributed by atoms with Gasteiger partial charge in [-0.25, -0.2) is 0 Å². The van der Waals surface area contributed by atoms with E-state index in [4.69, 9.17) is 9.26 Å². The van der Waals surface area contributed by atoms with Gasteiger partial charge in [-0.3, -0.25) is 4.79 Å². The summed E-state index contributed by atoms with van der Waals surface area (Å²) < 4.78 is 9.90. The van der Waals surface area contributed by atoms with E-state index in [1.807, 2.05) is 4.90 Å². The van der Waals surface area contributed by atoms with Crippen molar-refractivity contribution in [1.29, 1.82) is 0 Å². The van der Waals surface area contributed by atoms with Crippen LogP contribution in [0.3, 0.4) is 0 Å². The van der Waals surface area contributed by atoms with Gasteiger partial charge < -0.3 is 14.2 Å². The highest BCUT2D eigenvalue weighted by Crippen LogP contribution is 2.18. The van der Waals surface area contributed by atoms with Crippen LogP contribution in [0.25, 0.3) is 0 Å². The van der Waals surface area contributed by atoms with Gasteiger partial charge in [-0.2, -0.15) is 0 Å². The Morgan fingerprint density at radius 2 is 2.33 bits per heavy atom. The number of nitrogens with zero attached hydrogens (tertiary/aromatic N) is 2. The molecule has 1 aromatic rings. The summed E-state index contributed by atoms with van der Waals surface area (Å²) in [6, 6.07) is 1.80. The van der Waals surface area contributed by atoms with Crippen LogP contribution in [0.2, 0.25) is 0 Å². The molecule has 0 bridgehead atoms. The second-order valence-electron chi connectivity index (χ2n) is 4.77. The molecule has 2 heterocycles. The molecule has 1 saturated heterocycles. The number of carbonyl (C=O) groups is 1. The Bertz CT molecular complexity index is 356. The average Bonchev–Trinajstić information content (AvgIpc) is 2.90. The third kappa shape index (κ3) is 3.57. The van der Waals surface area contributed by atoms with Crippen LogP contribution < -0.4 is 0 Å². The fourth-order valence-electron chi connectivity index (χ4n) is 2.34. The van der Waals surface area contributed by atoms with Gasteiger partial charge in [0.05, 0.1) is 5.69 Å². The Morgan fingerprint density at radius 3 is 2.94 bits per heavy atom. The molecule has 1 aromatic heterocycles. The van der Waals surface area contributed by atoms with Gasteiger partial charge in [0.2, 0.25) is 5.91 Å². The molecular weight excluding hydrogens is 232 g/mol. The predicted octanol–water partition coefficient (Wildman–Crippen LogP) is 1.49. The lowest BCUT2D eigenvalue weighted by atomic mass is 9.97. The number of piperidine rings is 1. The SMILES string of the molecule is COCC1CCN(C(=O)CCc2ccon2)CC1. The molecule has 1 fully saturated rings. The molecule has 1 amide bonds. The molecule has 0 aliphatic carbocycles. The van der Waals surface area contributed by atoms with Crippen molar-refractivity contribution in [3.63, 3.8) is 0 Å². The number of hydrogen-bond donors (Lipinski definition) is 0. The predicted molar refractivity (Wildman–Crippen MR) is 66.0 cm³/mol. The summed E-state index contributed by atoms with van der Waals surface area (Å²) in [4.78, 5) is 13.9. The molecule has 0 spiro atoms. The maximum Gasteiger partial charge on any atom is 0.222 e. The minimum atomic E-state index is 0.217. The lowest BCUT2D eigenvalue weighted by Crippen LogP contribution is -2.39. The molecule has 0 atom stereocenters. The Kier molecular flexibility index (Phi) is 4.75. The summed E-state index contributed by atoms with van der Waals surface area (Å²) >= 11 is 0. The van der Waals surface area contributed by atoms with Gasteiger partial charge in [-0.1, -0.05) is 5.16 Å². The monoisotopic (exact) mass is 252 g/mol. The van der Waals surface area contributed by atoms with Crippen LogP contribution in [-0.2, 0) is 16.0 Å². The summed E-state index contributed by atoms with van der Waals surface area (Å²) in [6.07, 6.45) is 4.80. The molecule has 0 N–H and O–H groups in total. The molecule has 100 valence electrons. The first-order valence-corrected chi connectivity index (χ1v) is 6.45. The Labute approximate surface area is 107 Å². The molecule has 0 aromatic carbocycles. The van der Waals surface area contributed by atoms with Gasteiger partial charge in [0.1, 0.15) is 6.26 Å². The number of aromatic nitrogens is 1. The van der Waals surface area contributed by atoms with Gasteiger partial charge in [0, 0.05) is 45.7 Å². The highest BCUT2D eigenvalue weighted by atomic mass is 16.5. The van der Waals surface area contributed by atoms with Gasteiger partial charge in [-0.15, -0.1) is 0 Å². The molecule has 5 heteroatoms. The third-order valence-corrected chi connectivity index (χ3v) is 3.46. The van der Waals surface area contributed by atoms with E-state index >= 15 is 0 Å². The minimum Gasteiger partial charge on any atom is -0.384 e. The van der Waals surface area contributed by atoms with Crippen molar-refractivity contribution in [3.05, 3.63) is 18.0 Å². The van der Waals surface area contributed by atoms with Crippen LogP contribution in [0.1, 0.15) is 25.0 Å². The zero-order valence-electron chi connectivity index (χ0n) is 10.8. The summed E-state index contributed by atoms with van der Waals surface area (Å²) in [7, 11) is 1.73. The zero-order valence-corrected chi connectivity index (χ0v) is 10.8. The van der Waals surface area contributed by atoms with E-state index in [1.165, 1.54) is 6.26 Å². The van der Waals surface area contributed by atoms with Crippen LogP contribution in [0, 0.1) is 5.92 Å². The number of amides is 1. The Morgan fingerprint density at radius 1 is 1.56 bits per heavy atom. The smallest absolute Gasteiger partial charge is 0.222 e. The zero-order chi connectivity index (χ0) is 12.8. The van der Waals surface area contributed by atoms with Crippen LogP contribution in [0.4, 0.5) is 0 Å². The number of methoxy groups -OCH3 is 1. The van der Waals surface area contributed by atoms with Gasteiger partial charge in [0.25, 0.3) is 0 Å². The number of rotatable bonds is 5. The van der Waals surface area contributed by atoms with Crippen molar-refractivity contribution < 1.29 is 14.1 Å². The molecule has 18 heavy (non-hydrogen) atoms. The van der Waals surface area contributed by atoms with E-state index in [1.54, 1.807) is 13.2 Å². The highest BCUT2D eigenvalue weighted by Gasteiger charge is 2.22. The number of hydrogen-bond acceptors (Lipinski definition) is 4. The minimum absolute atomic E-state index is 0.217. The summed E-state index contributed by atoms with van der Waals surface area (Å²) in [5.74, 6) is 0.823. The topological polar surface area (TPSA) is 55.6 Å². The lowest BCUT2D eigenvalue weighted by Gasteiger charge is -2.31. The molecule has 2 rings (SSSR count). The maximum absolute atomic E-state index is 12.0. The largest absolute Gasteiger partial charge is 0.384 e. The number of aryl methyl sites for hydroxylation is 1. The van der Waals surface area contributed by atoms with Gasteiger partial charge >= 0.3 is 0 Å². The maximum atomic E-state index is 12.0. The third-order valence-electron chi connectivity index (χ3n) is 3.46. The van der Waals surface area contributed by atoms with Crippen LogP contribution in [0.5, 0.6) is 0 Å². The van der Waals surface area contributed by atoms with Crippen LogP contribution in [-0.4, -0.2) is 42.8 Å². The van der Waals surface area contributed by atoms with Crippen molar-refractivity contribution in [1.82, 2.24) is 10.1 Å². The Hall–Kier alpha value is -1.36. The number of carbonyl (C=O) groups excluding carboxylic acids is 1. The number of likely N-dealkylation sites (tertiary alicyclic amines) is 1. The quantitative estimate of drug-likeness (QED) is 0.796. The van der Waals surface area contributed by atoms with Crippen molar-refractivity contribution >= 4 is 5.91 Å². The first-order valence-electron chi connectivity index (χ1n) is 6.45. The first-order chi connectivity index (χ1) is 8.79. The average molecular weight is 252 g/mol. The Balaban J connectivity index is 1.70. The summed E-state index contributed by atoms with van der Waals surface area (Å²) in [6.45, 7) is 2.51. The fourth-order valence-corrected chi connectivity index (χ4v) is 2.34. The van der Waals surface area contributed by atoms with Gasteiger partial charge in [-0.05, 0) is 18.8 Å². The number of ether oxygens (including phenoxy) is 1. The van der Waals surface area contributed by atoms with E-state index < -0.39 is 0 Å². The second kappa shape index (κ2) is 6.54. The van der Waals surface area contributed by atoms with Crippen molar-refractivity contribution in [2.24, 2.45) is 5.92 Å². The van der Waals surface area contributed by atoms with Crippen molar-refractivity contribution in [2.45, 2.75) is 25.7 Å². The van der Waals surface area contributed by atoms with E-state index in [9.17, 15) is 4.79 Å². The fraction of sp³-hybridized carbons (Fsp3) is 0.692. The van der Waals surface area contributed by atoms with E-state index in [0.29, 0.717) is 18.8 Å². The summed E-state index contributed by atoms with van der Waals surface area (Å²) in [5, 5.41) is 3.81. The molecule has 0 radical (unpaired) electrons. The van der Waals surface area contributed by atoms with Crippen LogP contribution in [0.15, 0.2) is 16.9 Å². The van der Waals surface area contributed by atoms with Crippen molar-refractivity contribution in [3.8, 4) is 0 Å². The standard InChI is InChI=1S/C13H20N2O3/c1-17-10-11-4-7-15(8-5-11)13(16)3-2-12-6-9-18-14-12/h6,9,11H,2-5,7-8,10H2,1H3. The molecule has 5 nitrogen and oxygen atoms in total. The van der Waals surface area contributed by atoms with E-state index in [0.717, 1.165) is 38.2 Å². The summed E-state index contributed by atoms with van der Waals surface area (Å²) in [5.41, 5.74) is 0.845. The highest BCUT2D eigenvalue weighted by molar-refractivity contribution is 5.76. The first kappa shape index (κ1) is 13.1. The molecule has 0 unspecified atom stereocenters. The van der Waals surface area contributed by atoms with Gasteiger partial charge in [0.15, 0.2) is 0 Å². The second-order valence-corrected chi connectivity index (χ2v) is 4.77. The van der Waals surface area contributed by atoms with Crippen LogP contribution >= 0.6 is 0 Å². The van der Waals surface area contributed by atoms with Crippen molar-refractivity contribution in [2.75, 3.05) is 26.8 Å². The molecular formula is C13H20N2O3.